The van der Waals surface area contributed by atoms with E-state index >= 15 is 0 Å². The van der Waals surface area contributed by atoms with E-state index in [1.54, 1.807) is 13.8 Å². The van der Waals surface area contributed by atoms with Crippen molar-refractivity contribution in [2.75, 3.05) is 39.8 Å². The maximum Gasteiger partial charge on any atom is 0.325 e. The minimum atomic E-state index is -3.62. The van der Waals surface area contributed by atoms with Crippen molar-refractivity contribution >= 4 is 27.8 Å². The third kappa shape index (κ3) is 7.13. The third-order valence-corrected chi connectivity index (χ3v) is 6.26. The van der Waals surface area contributed by atoms with Crippen LogP contribution < -0.4 is 5.32 Å². The summed E-state index contributed by atoms with van der Waals surface area (Å²) in [5.74, 6) is -1.85. The van der Waals surface area contributed by atoms with Crippen LogP contribution in [0.1, 0.15) is 30.6 Å². The van der Waals surface area contributed by atoms with Gasteiger partial charge >= 0.3 is 5.97 Å². The highest BCUT2D eigenvalue weighted by Gasteiger charge is 2.21. The van der Waals surface area contributed by atoms with Crippen molar-refractivity contribution in [3.05, 3.63) is 29.8 Å². The lowest BCUT2D eigenvalue weighted by Gasteiger charge is -2.18. The number of sulfonamides is 1. The van der Waals surface area contributed by atoms with Crippen molar-refractivity contribution in [2.24, 2.45) is 0 Å². The molecular formula is C19H26N4O6S. The second kappa shape index (κ2) is 11.9. The second-order valence-electron chi connectivity index (χ2n) is 6.18. The maximum atomic E-state index is 12.4. The molecule has 2 amide bonds. The molecule has 0 heterocycles. The Balaban J connectivity index is 2.57. The molecule has 1 rings (SSSR count). The quantitative estimate of drug-likeness (QED) is 0.493. The zero-order valence-electron chi connectivity index (χ0n) is 17.3. The number of esters is 1. The molecule has 0 atom stereocenters. The summed E-state index contributed by atoms with van der Waals surface area (Å²) < 4.78 is 31.0. The number of carbonyl (C=O) groups is 3. The van der Waals surface area contributed by atoms with E-state index in [9.17, 15) is 22.8 Å². The molecule has 1 aromatic carbocycles. The first-order valence-corrected chi connectivity index (χ1v) is 10.8. The standard InChI is InChI=1S/C19H26N4O6S/c1-4-23(5-2)30(27,28)16-9-7-15(8-10-16)19(26)21-13-18(25)29-14-17(24)22(3)12-6-11-20/h7-10H,4-6,12-14H2,1-3H3,(H,21,26). The average molecular weight is 439 g/mol. The van der Waals surface area contributed by atoms with Crippen molar-refractivity contribution in [3.63, 3.8) is 0 Å². The van der Waals surface area contributed by atoms with Crippen LogP contribution in [0.15, 0.2) is 29.2 Å². The highest BCUT2D eigenvalue weighted by molar-refractivity contribution is 7.89. The lowest BCUT2D eigenvalue weighted by atomic mass is 10.2. The minimum absolute atomic E-state index is 0.0705. The molecule has 0 spiro atoms. The summed E-state index contributed by atoms with van der Waals surface area (Å²) in [6.07, 6.45) is 0.168. The van der Waals surface area contributed by atoms with Crippen LogP contribution in [0.25, 0.3) is 0 Å². The van der Waals surface area contributed by atoms with Crippen LogP contribution in [0.3, 0.4) is 0 Å². The number of benzene rings is 1. The van der Waals surface area contributed by atoms with Gasteiger partial charge in [-0.25, -0.2) is 8.42 Å². The van der Waals surface area contributed by atoms with E-state index in [0.29, 0.717) is 13.1 Å². The largest absolute Gasteiger partial charge is 0.454 e. The predicted molar refractivity (Wildman–Crippen MR) is 108 cm³/mol. The monoisotopic (exact) mass is 438 g/mol. The Hall–Kier alpha value is -2.97. The molecule has 1 aromatic rings. The van der Waals surface area contributed by atoms with Gasteiger partial charge in [0.2, 0.25) is 10.0 Å². The van der Waals surface area contributed by atoms with Crippen LogP contribution in [0.4, 0.5) is 0 Å². The number of nitrogens with zero attached hydrogens (tertiary/aromatic N) is 3. The van der Waals surface area contributed by atoms with Crippen LogP contribution in [0, 0.1) is 11.3 Å². The third-order valence-electron chi connectivity index (χ3n) is 4.19. The van der Waals surface area contributed by atoms with Gasteiger partial charge in [0.05, 0.1) is 17.4 Å². The van der Waals surface area contributed by atoms with Gasteiger partial charge in [-0.3, -0.25) is 14.4 Å². The van der Waals surface area contributed by atoms with Gasteiger partial charge < -0.3 is 15.0 Å². The Bertz CT molecular complexity index is 889. The van der Waals surface area contributed by atoms with Gasteiger partial charge in [-0.05, 0) is 24.3 Å². The summed E-state index contributed by atoms with van der Waals surface area (Å²) in [4.78, 5) is 36.9. The summed E-state index contributed by atoms with van der Waals surface area (Å²) in [6.45, 7) is 3.42. The number of likely N-dealkylation sites (N-methyl/N-ethyl adjacent to an activating group) is 1. The number of rotatable bonds is 11. The molecule has 10 nitrogen and oxygen atoms in total. The number of ether oxygens (including phenoxy) is 1. The van der Waals surface area contributed by atoms with Crippen LogP contribution in [0.2, 0.25) is 0 Å². The molecule has 0 aliphatic carbocycles. The molecule has 0 bridgehead atoms. The van der Waals surface area contributed by atoms with E-state index in [4.69, 9.17) is 10.00 Å². The zero-order chi connectivity index (χ0) is 22.7. The van der Waals surface area contributed by atoms with Gasteiger partial charge in [-0.1, -0.05) is 13.8 Å². The Morgan fingerprint density at radius 2 is 1.73 bits per heavy atom. The number of nitriles is 1. The molecule has 0 unspecified atom stereocenters. The van der Waals surface area contributed by atoms with E-state index in [-0.39, 0.29) is 23.4 Å². The first kappa shape index (κ1) is 25.1. The molecule has 0 fully saturated rings. The fourth-order valence-corrected chi connectivity index (χ4v) is 3.85. The molecule has 11 heteroatoms. The average Bonchev–Trinajstić information content (AvgIpc) is 2.74. The Morgan fingerprint density at radius 1 is 1.13 bits per heavy atom. The number of nitrogens with one attached hydrogen (secondary N) is 1. The number of amides is 2. The summed E-state index contributed by atoms with van der Waals surface area (Å²) in [6, 6.07) is 7.27. The molecule has 0 saturated heterocycles. The first-order valence-electron chi connectivity index (χ1n) is 9.32. The van der Waals surface area contributed by atoms with Crippen molar-refractivity contribution in [3.8, 4) is 6.07 Å². The summed E-state index contributed by atoms with van der Waals surface area (Å²) in [5.41, 5.74) is 0.175. The number of carbonyl (C=O) groups excluding carboxylic acids is 3. The highest BCUT2D eigenvalue weighted by atomic mass is 32.2. The van der Waals surface area contributed by atoms with Crippen molar-refractivity contribution in [1.82, 2.24) is 14.5 Å². The fraction of sp³-hybridized carbons (Fsp3) is 0.474. The predicted octanol–water partition coefficient (Wildman–Crippen LogP) is 0.362. The van der Waals surface area contributed by atoms with Gasteiger partial charge in [-0.15, -0.1) is 0 Å². The Labute approximate surface area is 176 Å². The Kier molecular flexibility index (Phi) is 9.94. The summed E-state index contributed by atoms with van der Waals surface area (Å²) >= 11 is 0. The normalized spacial score (nSPS) is 10.9. The molecule has 0 radical (unpaired) electrons. The minimum Gasteiger partial charge on any atom is -0.454 e. The molecule has 0 aliphatic heterocycles. The lowest BCUT2D eigenvalue weighted by Crippen LogP contribution is -2.35. The topological polar surface area (TPSA) is 137 Å². The van der Waals surface area contributed by atoms with E-state index in [0.717, 1.165) is 0 Å². The van der Waals surface area contributed by atoms with Crippen molar-refractivity contribution in [1.29, 1.82) is 5.26 Å². The first-order chi connectivity index (χ1) is 14.2. The molecular weight excluding hydrogens is 412 g/mol. The Morgan fingerprint density at radius 3 is 2.27 bits per heavy atom. The van der Waals surface area contributed by atoms with E-state index in [1.165, 1.54) is 40.5 Å². The maximum absolute atomic E-state index is 12.4. The fourth-order valence-electron chi connectivity index (χ4n) is 2.39. The van der Waals surface area contributed by atoms with E-state index in [2.05, 4.69) is 5.32 Å². The van der Waals surface area contributed by atoms with Crippen LogP contribution in [0.5, 0.6) is 0 Å². The molecule has 1 N–H and O–H groups in total. The molecule has 164 valence electrons. The second-order valence-corrected chi connectivity index (χ2v) is 8.12. The van der Waals surface area contributed by atoms with E-state index in [1.807, 2.05) is 6.07 Å². The number of hydrogen-bond donors (Lipinski definition) is 1. The molecule has 0 saturated carbocycles. The van der Waals surface area contributed by atoms with Crippen molar-refractivity contribution < 1.29 is 27.5 Å². The number of hydrogen-bond acceptors (Lipinski definition) is 7. The SMILES string of the molecule is CCN(CC)S(=O)(=O)c1ccc(C(=O)NCC(=O)OCC(=O)N(C)CCC#N)cc1. The lowest BCUT2D eigenvalue weighted by molar-refractivity contribution is -0.150. The molecule has 0 aromatic heterocycles. The summed E-state index contributed by atoms with van der Waals surface area (Å²) in [7, 11) is -2.14. The van der Waals surface area contributed by atoms with Gasteiger partial charge in [0.1, 0.15) is 6.54 Å². The summed E-state index contributed by atoms with van der Waals surface area (Å²) in [5, 5.41) is 10.8. The van der Waals surface area contributed by atoms with Gasteiger partial charge in [0.25, 0.3) is 11.8 Å². The van der Waals surface area contributed by atoms with Gasteiger partial charge in [0.15, 0.2) is 6.61 Å². The highest BCUT2D eigenvalue weighted by Crippen LogP contribution is 2.16. The van der Waals surface area contributed by atoms with Crippen LogP contribution in [-0.2, 0) is 24.3 Å². The van der Waals surface area contributed by atoms with Gasteiger partial charge in [-0.2, -0.15) is 9.57 Å². The zero-order valence-corrected chi connectivity index (χ0v) is 18.1. The smallest absolute Gasteiger partial charge is 0.325 e. The van der Waals surface area contributed by atoms with Crippen molar-refractivity contribution in [2.45, 2.75) is 25.2 Å². The van der Waals surface area contributed by atoms with E-state index < -0.39 is 41.0 Å². The van der Waals surface area contributed by atoms with Gasteiger partial charge in [0, 0.05) is 32.2 Å². The van der Waals surface area contributed by atoms with Crippen LogP contribution in [-0.4, -0.2) is 75.2 Å². The van der Waals surface area contributed by atoms with Crippen LogP contribution >= 0.6 is 0 Å². The molecule has 0 aliphatic rings. The molecule has 30 heavy (non-hydrogen) atoms.